The van der Waals surface area contributed by atoms with Crippen LogP contribution in [0.3, 0.4) is 0 Å². The van der Waals surface area contributed by atoms with Crippen molar-refractivity contribution in [2.24, 2.45) is 5.92 Å². The lowest BCUT2D eigenvalue weighted by Gasteiger charge is -2.20. The average Bonchev–Trinajstić information content (AvgIpc) is 2.52. The lowest BCUT2D eigenvalue weighted by Crippen LogP contribution is -2.42. The molecule has 0 radical (unpaired) electrons. The fraction of sp³-hybridized carbons (Fsp3) is 0.833. The van der Waals surface area contributed by atoms with Crippen molar-refractivity contribution >= 4 is 12.0 Å². The van der Waals surface area contributed by atoms with Crippen molar-refractivity contribution in [1.82, 2.24) is 10.2 Å². The van der Waals surface area contributed by atoms with E-state index in [4.69, 9.17) is 5.11 Å². The predicted molar refractivity (Wildman–Crippen MR) is 64.9 cm³/mol. The fourth-order valence-corrected chi connectivity index (χ4v) is 2.33. The fourth-order valence-electron chi connectivity index (χ4n) is 2.33. The second-order valence-electron chi connectivity index (χ2n) is 4.63. The quantitative estimate of drug-likeness (QED) is 0.788. The summed E-state index contributed by atoms with van der Waals surface area (Å²) in [5.74, 6) is -0.283. The highest BCUT2D eigenvalue weighted by atomic mass is 16.4. The minimum atomic E-state index is -1.00. The van der Waals surface area contributed by atoms with Crippen LogP contribution in [0.15, 0.2) is 0 Å². The zero-order valence-corrected chi connectivity index (χ0v) is 10.4. The van der Waals surface area contributed by atoms with E-state index in [0.717, 1.165) is 31.8 Å². The standard InChI is InChI=1S/C12H22N2O3/c1-2-4-10-5-3-7-14(8-6-10)12(17)13-9-11(15)16/h10H,2-9H2,1H3,(H,13,17)(H,15,16). The van der Waals surface area contributed by atoms with Crippen molar-refractivity contribution in [2.45, 2.75) is 39.0 Å². The van der Waals surface area contributed by atoms with Crippen LogP contribution in [-0.2, 0) is 4.79 Å². The van der Waals surface area contributed by atoms with Crippen molar-refractivity contribution in [2.75, 3.05) is 19.6 Å². The van der Waals surface area contributed by atoms with Crippen molar-refractivity contribution < 1.29 is 14.7 Å². The third kappa shape index (κ3) is 5.06. The average molecular weight is 242 g/mol. The summed E-state index contributed by atoms with van der Waals surface area (Å²) in [6, 6.07) is -0.246. The van der Waals surface area contributed by atoms with Crippen molar-refractivity contribution in [3.63, 3.8) is 0 Å². The van der Waals surface area contributed by atoms with Crippen molar-refractivity contribution in [3.05, 3.63) is 0 Å². The number of amides is 2. The number of likely N-dealkylation sites (tertiary alicyclic amines) is 1. The molecule has 5 nitrogen and oxygen atoms in total. The molecule has 0 spiro atoms. The van der Waals surface area contributed by atoms with E-state index in [9.17, 15) is 9.59 Å². The van der Waals surface area contributed by atoms with Gasteiger partial charge in [-0.1, -0.05) is 19.8 Å². The van der Waals surface area contributed by atoms with E-state index < -0.39 is 5.97 Å². The molecular weight excluding hydrogens is 220 g/mol. The van der Waals surface area contributed by atoms with Crippen molar-refractivity contribution in [3.8, 4) is 0 Å². The lowest BCUT2D eigenvalue weighted by molar-refractivity contribution is -0.135. The van der Waals surface area contributed by atoms with Gasteiger partial charge in [0.05, 0.1) is 0 Å². The smallest absolute Gasteiger partial charge is 0.323 e. The highest BCUT2D eigenvalue weighted by Gasteiger charge is 2.20. The summed E-state index contributed by atoms with van der Waals surface area (Å²) in [6.07, 6.45) is 5.65. The summed E-state index contributed by atoms with van der Waals surface area (Å²) in [5, 5.41) is 10.9. The van der Waals surface area contributed by atoms with Gasteiger partial charge in [-0.05, 0) is 25.2 Å². The predicted octanol–water partition coefficient (Wildman–Crippen LogP) is 1.68. The lowest BCUT2D eigenvalue weighted by atomic mass is 9.96. The molecular formula is C12H22N2O3. The second-order valence-corrected chi connectivity index (χ2v) is 4.63. The minimum absolute atomic E-state index is 0.246. The Bertz CT molecular complexity index is 268. The zero-order chi connectivity index (χ0) is 12.7. The Balaban J connectivity index is 2.34. The van der Waals surface area contributed by atoms with Crippen LogP contribution in [0, 0.1) is 5.92 Å². The topological polar surface area (TPSA) is 69.6 Å². The Morgan fingerprint density at radius 1 is 1.35 bits per heavy atom. The molecule has 0 aromatic heterocycles. The highest BCUT2D eigenvalue weighted by molar-refractivity contribution is 5.79. The Hall–Kier alpha value is -1.26. The molecule has 2 amide bonds. The molecule has 2 N–H and O–H groups in total. The molecule has 1 heterocycles. The van der Waals surface area contributed by atoms with Gasteiger partial charge < -0.3 is 15.3 Å². The molecule has 0 aliphatic carbocycles. The number of hydrogen-bond acceptors (Lipinski definition) is 2. The molecule has 0 saturated carbocycles. The number of carboxylic acid groups (broad SMARTS) is 1. The first kappa shape index (κ1) is 13.8. The van der Waals surface area contributed by atoms with Gasteiger partial charge in [-0.3, -0.25) is 4.79 Å². The van der Waals surface area contributed by atoms with Crippen LogP contribution in [-0.4, -0.2) is 41.6 Å². The van der Waals surface area contributed by atoms with E-state index in [1.54, 1.807) is 4.90 Å². The van der Waals surface area contributed by atoms with Gasteiger partial charge in [0.2, 0.25) is 0 Å². The maximum Gasteiger partial charge on any atom is 0.323 e. The van der Waals surface area contributed by atoms with Gasteiger partial charge >= 0.3 is 12.0 Å². The number of carbonyl (C=O) groups is 2. The Labute approximate surface area is 102 Å². The summed E-state index contributed by atoms with van der Waals surface area (Å²) in [4.78, 5) is 23.8. The summed E-state index contributed by atoms with van der Waals surface area (Å²) in [6.45, 7) is 3.37. The third-order valence-corrected chi connectivity index (χ3v) is 3.22. The summed E-state index contributed by atoms with van der Waals surface area (Å²) < 4.78 is 0. The normalized spacial score (nSPS) is 20.8. The van der Waals surface area contributed by atoms with Crippen LogP contribution in [0.25, 0.3) is 0 Å². The van der Waals surface area contributed by atoms with Crippen LogP contribution in [0.5, 0.6) is 0 Å². The first-order chi connectivity index (χ1) is 8.13. The summed E-state index contributed by atoms with van der Waals surface area (Å²) >= 11 is 0. The monoisotopic (exact) mass is 242 g/mol. The van der Waals surface area contributed by atoms with Crippen molar-refractivity contribution in [1.29, 1.82) is 0 Å². The first-order valence-corrected chi connectivity index (χ1v) is 6.38. The zero-order valence-electron chi connectivity index (χ0n) is 10.4. The molecule has 1 fully saturated rings. The SMILES string of the molecule is CCCC1CCCN(C(=O)NCC(=O)O)CC1. The van der Waals surface area contributed by atoms with Gasteiger partial charge in [0.15, 0.2) is 0 Å². The van der Waals surface area contributed by atoms with Crippen LogP contribution in [0.1, 0.15) is 39.0 Å². The Morgan fingerprint density at radius 2 is 2.12 bits per heavy atom. The van der Waals surface area contributed by atoms with Gasteiger partial charge in [-0.15, -0.1) is 0 Å². The molecule has 17 heavy (non-hydrogen) atoms. The number of hydrogen-bond donors (Lipinski definition) is 2. The minimum Gasteiger partial charge on any atom is -0.480 e. The number of nitrogens with one attached hydrogen (secondary N) is 1. The van der Waals surface area contributed by atoms with E-state index >= 15 is 0 Å². The van der Waals surface area contributed by atoms with Crippen LogP contribution in [0.2, 0.25) is 0 Å². The van der Waals surface area contributed by atoms with Crippen LogP contribution >= 0.6 is 0 Å². The number of nitrogens with zero attached hydrogens (tertiary/aromatic N) is 1. The van der Waals surface area contributed by atoms with Crippen LogP contribution < -0.4 is 5.32 Å². The molecule has 1 saturated heterocycles. The van der Waals surface area contributed by atoms with Gasteiger partial charge in [0.1, 0.15) is 6.54 Å². The molecule has 0 aromatic carbocycles. The number of aliphatic carboxylic acids is 1. The maximum atomic E-state index is 11.7. The molecule has 5 heteroatoms. The molecule has 1 unspecified atom stereocenters. The van der Waals surface area contributed by atoms with Gasteiger partial charge in [-0.2, -0.15) is 0 Å². The highest BCUT2D eigenvalue weighted by Crippen LogP contribution is 2.21. The Morgan fingerprint density at radius 3 is 2.76 bits per heavy atom. The summed E-state index contributed by atoms with van der Waals surface area (Å²) in [5.41, 5.74) is 0. The van der Waals surface area contributed by atoms with E-state index in [1.807, 2.05) is 0 Å². The van der Waals surface area contributed by atoms with E-state index in [1.165, 1.54) is 19.3 Å². The second kappa shape index (κ2) is 7.14. The molecule has 1 aliphatic heterocycles. The maximum absolute atomic E-state index is 11.7. The molecule has 0 aromatic rings. The van der Waals surface area contributed by atoms with Crippen LogP contribution in [0.4, 0.5) is 4.79 Å². The Kier molecular flexibility index (Phi) is 5.80. The molecule has 98 valence electrons. The van der Waals surface area contributed by atoms with Gasteiger partial charge in [0.25, 0.3) is 0 Å². The molecule has 1 atom stereocenters. The van der Waals surface area contributed by atoms with Gasteiger partial charge in [0, 0.05) is 13.1 Å². The molecule has 1 rings (SSSR count). The van der Waals surface area contributed by atoms with E-state index in [2.05, 4.69) is 12.2 Å². The summed E-state index contributed by atoms with van der Waals surface area (Å²) in [7, 11) is 0. The third-order valence-electron chi connectivity index (χ3n) is 3.22. The largest absolute Gasteiger partial charge is 0.480 e. The van der Waals surface area contributed by atoms with E-state index in [-0.39, 0.29) is 12.6 Å². The first-order valence-electron chi connectivity index (χ1n) is 6.38. The molecule has 1 aliphatic rings. The number of rotatable bonds is 4. The van der Waals surface area contributed by atoms with Gasteiger partial charge in [-0.25, -0.2) is 4.79 Å². The van der Waals surface area contributed by atoms with E-state index in [0.29, 0.717) is 0 Å². The number of carboxylic acids is 1. The molecule has 0 bridgehead atoms. The number of carbonyl (C=O) groups excluding carboxylic acids is 1. The number of urea groups is 1.